The maximum atomic E-state index is 11.5. The highest BCUT2D eigenvalue weighted by atomic mass is 32.1. The molecule has 0 bridgehead atoms. The van der Waals surface area contributed by atoms with Crippen LogP contribution in [0, 0.1) is 5.92 Å². The zero-order chi connectivity index (χ0) is 13.1. The van der Waals surface area contributed by atoms with Gasteiger partial charge in [-0.1, -0.05) is 6.92 Å². The van der Waals surface area contributed by atoms with Gasteiger partial charge in [0.05, 0.1) is 0 Å². The lowest BCUT2D eigenvalue weighted by atomic mass is 9.98. The van der Waals surface area contributed by atoms with Gasteiger partial charge in [0.25, 0.3) is 0 Å². The molecule has 1 N–H and O–H groups in total. The maximum Gasteiger partial charge on any atom is 0.325 e. The predicted octanol–water partition coefficient (Wildman–Crippen LogP) is 2.01. The van der Waals surface area contributed by atoms with Gasteiger partial charge in [0.1, 0.15) is 6.04 Å². The van der Waals surface area contributed by atoms with Crippen LogP contribution in [0.25, 0.3) is 0 Å². The standard InChI is InChI=1S/C13H19NO3S/c1-9(8-17-2)7-14-5-3-11-10(4-6-18-11)12(14)13(15)16/h4,6,9,12H,3,5,7-8H2,1-2H3,(H,15,16). The van der Waals surface area contributed by atoms with Gasteiger partial charge in [-0.05, 0) is 29.3 Å². The number of ether oxygens (including phenoxy) is 1. The third kappa shape index (κ3) is 2.74. The number of thiophene rings is 1. The van der Waals surface area contributed by atoms with Crippen molar-refractivity contribution in [3.8, 4) is 0 Å². The average molecular weight is 269 g/mol. The molecule has 0 radical (unpaired) electrons. The normalized spacial score (nSPS) is 21.6. The molecule has 2 rings (SSSR count). The van der Waals surface area contributed by atoms with Gasteiger partial charge < -0.3 is 9.84 Å². The molecule has 0 aliphatic carbocycles. The molecule has 5 heteroatoms. The van der Waals surface area contributed by atoms with Crippen LogP contribution in [0.3, 0.4) is 0 Å². The van der Waals surface area contributed by atoms with E-state index in [1.807, 2.05) is 11.4 Å². The molecule has 100 valence electrons. The molecular weight excluding hydrogens is 250 g/mol. The zero-order valence-corrected chi connectivity index (χ0v) is 11.6. The van der Waals surface area contributed by atoms with Gasteiger partial charge in [-0.25, -0.2) is 0 Å². The third-order valence-corrected chi connectivity index (χ3v) is 4.29. The number of methoxy groups -OCH3 is 1. The molecule has 2 heterocycles. The molecule has 0 aromatic carbocycles. The molecule has 0 saturated heterocycles. The molecule has 2 unspecified atom stereocenters. The minimum atomic E-state index is -0.751. The van der Waals surface area contributed by atoms with Crippen molar-refractivity contribution in [1.82, 2.24) is 4.90 Å². The van der Waals surface area contributed by atoms with E-state index in [9.17, 15) is 9.90 Å². The first-order valence-electron chi connectivity index (χ1n) is 6.15. The maximum absolute atomic E-state index is 11.5. The van der Waals surface area contributed by atoms with Crippen molar-refractivity contribution in [3.05, 3.63) is 21.9 Å². The van der Waals surface area contributed by atoms with Crippen molar-refractivity contribution >= 4 is 17.3 Å². The summed E-state index contributed by atoms with van der Waals surface area (Å²) in [6, 6.07) is 1.46. The Hall–Kier alpha value is -0.910. The number of nitrogens with zero attached hydrogens (tertiary/aromatic N) is 1. The first-order chi connectivity index (χ1) is 8.63. The summed E-state index contributed by atoms with van der Waals surface area (Å²) < 4.78 is 5.12. The highest BCUT2D eigenvalue weighted by molar-refractivity contribution is 7.10. The SMILES string of the molecule is COCC(C)CN1CCc2sccc2C1C(=O)O. The fourth-order valence-corrected chi connectivity index (χ4v) is 3.50. The monoisotopic (exact) mass is 269 g/mol. The average Bonchev–Trinajstić information content (AvgIpc) is 2.76. The molecule has 0 spiro atoms. The van der Waals surface area contributed by atoms with Gasteiger partial charge >= 0.3 is 5.97 Å². The minimum Gasteiger partial charge on any atom is -0.480 e. The van der Waals surface area contributed by atoms with Crippen LogP contribution in [0.1, 0.15) is 23.4 Å². The van der Waals surface area contributed by atoms with Crippen LogP contribution in [0.5, 0.6) is 0 Å². The van der Waals surface area contributed by atoms with E-state index < -0.39 is 12.0 Å². The van der Waals surface area contributed by atoms with E-state index in [1.54, 1.807) is 18.4 Å². The van der Waals surface area contributed by atoms with Crippen molar-refractivity contribution in [3.63, 3.8) is 0 Å². The lowest BCUT2D eigenvalue weighted by Gasteiger charge is -2.34. The summed E-state index contributed by atoms with van der Waals surface area (Å²) in [4.78, 5) is 14.8. The van der Waals surface area contributed by atoms with Crippen LogP contribution in [0.2, 0.25) is 0 Å². The Morgan fingerprint density at radius 2 is 2.50 bits per heavy atom. The Labute approximate surface area is 111 Å². The number of carboxylic acid groups (broad SMARTS) is 1. The molecule has 1 aliphatic heterocycles. The quantitative estimate of drug-likeness (QED) is 0.888. The van der Waals surface area contributed by atoms with Crippen LogP contribution in [0.4, 0.5) is 0 Å². The molecule has 4 nitrogen and oxygen atoms in total. The molecule has 18 heavy (non-hydrogen) atoms. The first kappa shape index (κ1) is 13.5. The number of hydrogen-bond donors (Lipinski definition) is 1. The van der Waals surface area contributed by atoms with Crippen molar-refractivity contribution in [1.29, 1.82) is 0 Å². The lowest BCUT2D eigenvalue weighted by Crippen LogP contribution is -2.41. The number of carbonyl (C=O) groups is 1. The van der Waals surface area contributed by atoms with Gasteiger partial charge in [0.15, 0.2) is 0 Å². The number of rotatable bonds is 5. The van der Waals surface area contributed by atoms with Crippen LogP contribution in [-0.2, 0) is 16.0 Å². The Balaban J connectivity index is 2.14. The van der Waals surface area contributed by atoms with Crippen LogP contribution < -0.4 is 0 Å². The molecule has 0 fully saturated rings. The van der Waals surface area contributed by atoms with Gasteiger partial charge in [0.2, 0.25) is 0 Å². The van der Waals surface area contributed by atoms with Crippen LogP contribution >= 0.6 is 11.3 Å². The largest absolute Gasteiger partial charge is 0.480 e. The summed E-state index contributed by atoms with van der Waals surface area (Å²) in [5.41, 5.74) is 0.975. The van der Waals surface area contributed by atoms with Crippen LogP contribution in [-0.4, -0.2) is 42.8 Å². The Morgan fingerprint density at radius 3 is 3.17 bits per heavy atom. The van der Waals surface area contributed by atoms with E-state index in [0.29, 0.717) is 12.5 Å². The summed E-state index contributed by atoms with van der Waals surface area (Å²) in [5, 5.41) is 11.4. The van der Waals surface area contributed by atoms with E-state index in [0.717, 1.165) is 25.1 Å². The molecular formula is C13H19NO3S. The van der Waals surface area contributed by atoms with Gasteiger partial charge in [-0.3, -0.25) is 9.69 Å². The van der Waals surface area contributed by atoms with Crippen molar-refractivity contribution in [2.75, 3.05) is 26.8 Å². The van der Waals surface area contributed by atoms with E-state index in [4.69, 9.17) is 4.74 Å². The smallest absolute Gasteiger partial charge is 0.325 e. The molecule has 0 saturated carbocycles. The molecule has 1 aromatic heterocycles. The second-order valence-electron chi connectivity index (χ2n) is 4.85. The van der Waals surface area contributed by atoms with Crippen molar-refractivity contribution in [2.45, 2.75) is 19.4 Å². The van der Waals surface area contributed by atoms with Gasteiger partial charge in [-0.2, -0.15) is 0 Å². The predicted molar refractivity (Wildman–Crippen MR) is 71.0 cm³/mol. The van der Waals surface area contributed by atoms with E-state index >= 15 is 0 Å². The number of aliphatic carboxylic acids is 1. The summed E-state index contributed by atoms with van der Waals surface area (Å²) in [7, 11) is 1.68. The second-order valence-corrected chi connectivity index (χ2v) is 5.85. The molecule has 0 amide bonds. The molecule has 1 aliphatic rings. The molecule has 1 aromatic rings. The first-order valence-corrected chi connectivity index (χ1v) is 7.03. The Bertz CT molecular complexity index is 418. The van der Waals surface area contributed by atoms with E-state index in [1.165, 1.54) is 4.88 Å². The number of carboxylic acids is 1. The zero-order valence-electron chi connectivity index (χ0n) is 10.8. The van der Waals surface area contributed by atoms with E-state index in [-0.39, 0.29) is 0 Å². The topological polar surface area (TPSA) is 49.8 Å². The van der Waals surface area contributed by atoms with Gasteiger partial charge in [-0.15, -0.1) is 11.3 Å². The number of fused-ring (bicyclic) bond motifs is 1. The Kier molecular flexibility index (Phi) is 4.37. The highest BCUT2D eigenvalue weighted by Gasteiger charge is 2.34. The number of hydrogen-bond acceptors (Lipinski definition) is 4. The van der Waals surface area contributed by atoms with Crippen molar-refractivity contribution < 1.29 is 14.6 Å². The summed E-state index contributed by atoms with van der Waals surface area (Å²) in [6.45, 7) is 4.34. The van der Waals surface area contributed by atoms with E-state index in [2.05, 4.69) is 11.8 Å². The second kappa shape index (κ2) is 5.82. The molecule has 2 atom stereocenters. The minimum absolute atomic E-state index is 0.344. The van der Waals surface area contributed by atoms with Crippen LogP contribution in [0.15, 0.2) is 11.4 Å². The lowest BCUT2D eigenvalue weighted by molar-refractivity contribution is -0.144. The summed E-state index contributed by atoms with van der Waals surface area (Å²) >= 11 is 1.66. The Morgan fingerprint density at radius 1 is 1.72 bits per heavy atom. The fourth-order valence-electron chi connectivity index (χ4n) is 2.59. The third-order valence-electron chi connectivity index (χ3n) is 3.30. The summed E-state index contributed by atoms with van der Waals surface area (Å²) in [6.07, 6.45) is 0.955. The summed E-state index contributed by atoms with van der Waals surface area (Å²) in [5.74, 6) is -0.406. The highest BCUT2D eigenvalue weighted by Crippen LogP contribution is 2.33. The van der Waals surface area contributed by atoms with Crippen molar-refractivity contribution in [2.24, 2.45) is 5.92 Å². The van der Waals surface area contributed by atoms with Gasteiger partial charge in [0, 0.05) is 31.7 Å². The fraction of sp³-hybridized carbons (Fsp3) is 0.615.